The molecule has 22 heavy (non-hydrogen) atoms. The summed E-state index contributed by atoms with van der Waals surface area (Å²) in [5, 5.41) is 0. The summed E-state index contributed by atoms with van der Waals surface area (Å²) in [4.78, 5) is 41.0. The van der Waals surface area contributed by atoms with Crippen molar-refractivity contribution in [2.45, 2.75) is 39.7 Å². The molecule has 1 saturated heterocycles. The second kappa shape index (κ2) is 5.52. The maximum Gasteiger partial charge on any atom is 0.245 e. The molecule has 3 amide bonds. The van der Waals surface area contributed by atoms with Crippen molar-refractivity contribution < 1.29 is 14.4 Å². The molecule has 1 saturated carbocycles. The molecular weight excluding hydrogens is 280 g/mol. The first kappa shape index (κ1) is 15.3. The van der Waals surface area contributed by atoms with Crippen LogP contribution in [0.5, 0.6) is 0 Å². The van der Waals surface area contributed by atoms with Gasteiger partial charge in [0, 0.05) is 13.1 Å². The molecule has 0 unspecified atom stereocenters. The summed E-state index contributed by atoms with van der Waals surface area (Å²) in [5.74, 6) is -0.527. The van der Waals surface area contributed by atoms with Crippen LogP contribution in [0.4, 0.5) is 0 Å². The van der Waals surface area contributed by atoms with Gasteiger partial charge in [0.2, 0.25) is 17.7 Å². The van der Waals surface area contributed by atoms with E-state index in [0.29, 0.717) is 13.1 Å². The standard InChI is InChI=1S/C17H24N2O3/c1-4-18(5-2)15(20)10(3)19-16(21)13-11-6-7-12(9-8-11)14(13)17(19)22/h6-7,10-14H,4-5,8-9H2,1-3H3/t10-,11+,12+,13-,14+/m1/s1. The van der Waals surface area contributed by atoms with Crippen LogP contribution in [0.25, 0.3) is 0 Å². The van der Waals surface area contributed by atoms with Crippen molar-refractivity contribution in [3.8, 4) is 0 Å². The van der Waals surface area contributed by atoms with Crippen molar-refractivity contribution in [3.63, 3.8) is 0 Å². The van der Waals surface area contributed by atoms with Gasteiger partial charge >= 0.3 is 0 Å². The number of allylic oxidation sites excluding steroid dienone is 2. The normalized spacial score (nSPS) is 34.0. The average molecular weight is 304 g/mol. The molecule has 3 aliphatic carbocycles. The molecule has 4 aliphatic rings. The second-order valence-electron chi connectivity index (χ2n) is 6.57. The highest BCUT2D eigenvalue weighted by Gasteiger charge is 2.58. The summed E-state index contributed by atoms with van der Waals surface area (Å²) in [6.07, 6.45) is 6.16. The SMILES string of the molecule is CCN(CC)C(=O)[C@@H](C)N1C(=O)[C@@H]2[C@H](C1=O)[C@H]1C=C[C@H]2CC1. The molecule has 5 heteroatoms. The van der Waals surface area contributed by atoms with E-state index in [0.717, 1.165) is 12.8 Å². The van der Waals surface area contributed by atoms with Crippen molar-refractivity contribution in [2.75, 3.05) is 13.1 Å². The summed E-state index contributed by atoms with van der Waals surface area (Å²) < 4.78 is 0. The Bertz CT molecular complexity index is 506. The molecule has 0 spiro atoms. The molecule has 5 atom stereocenters. The Morgan fingerprint density at radius 2 is 1.59 bits per heavy atom. The number of carbonyl (C=O) groups excluding carboxylic acids is 3. The van der Waals surface area contributed by atoms with Crippen molar-refractivity contribution in [3.05, 3.63) is 12.2 Å². The van der Waals surface area contributed by atoms with Crippen molar-refractivity contribution in [2.24, 2.45) is 23.7 Å². The van der Waals surface area contributed by atoms with Crippen LogP contribution in [0.2, 0.25) is 0 Å². The molecule has 0 aromatic heterocycles. The van der Waals surface area contributed by atoms with Gasteiger partial charge in [-0.3, -0.25) is 19.3 Å². The quantitative estimate of drug-likeness (QED) is 0.583. The minimum atomic E-state index is -0.690. The number of likely N-dealkylation sites (N-methyl/N-ethyl adjacent to an activating group) is 1. The number of likely N-dealkylation sites (tertiary alicyclic amines) is 1. The molecule has 1 heterocycles. The van der Waals surface area contributed by atoms with Gasteiger partial charge in [-0.25, -0.2) is 0 Å². The second-order valence-corrected chi connectivity index (χ2v) is 6.57. The van der Waals surface area contributed by atoms with Crippen LogP contribution in [0.15, 0.2) is 12.2 Å². The van der Waals surface area contributed by atoms with Crippen LogP contribution in [0.1, 0.15) is 33.6 Å². The molecule has 0 radical (unpaired) electrons. The Hall–Kier alpha value is -1.65. The maximum absolute atomic E-state index is 12.8. The third-order valence-corrected chi connectivity index (χ3v) is 5.61. The first-order chi connectivity index (χ1) is 10.5. The van der Waals surface area contributed by atoms with Crippen molar-refractivity contribution in [1.82, 2.24) is 9.80 Å². The summed E-state index contributed by atoms with van der Waals surface area (Å²) >= 11 is 0. The smallest absolute Gasteiger partial charge is 0.245 e. The van der Waals surface area contributed by atoms with Gasteiger partial charge in [0.05, 0.1) is 11.8 Å². The van der Waals surface area contributed by atoms with E-state index in [1.807, 2.05) is 13.8 Å². The van der Waals surface area contributed by atoms with Gasteiger partial charge < -0.3 is 4.90 Å². The fraction of sp³-hybridized carbons (Fsp3) is 0.706. The fourth-order valence-electron chi connectivity index (χ4n) is 4.39. The first-order valence-electron chi connectivity index (χ1n) is 8.35. The van der Waals surface area contributed by atoms with Gasteiger partial charge in [-0.05, 0) is 45.4 Å². The number of imide groups is 1. The Morgan fingerprint density at radius 1 is 1.14 bits per heavy atom. The van der Waals surface area contributed by atoms with E-state index in [4.69, 9.17) is 0 Å². The highest BCUT2D eigenvalue weighted by molar-refractivity contribution is 6.08. The van der Waals surface area contributed by atoms with E-state index >= 15 is 0 Å². The summed E-state index contributed by atoms with van der Waals surface area (Å²) in [6, 6.07) is -0.690. The van der Waals surface area contributed by atoms with Crippen molar-refractivity contribution in [1.29, 1.82) is 0 Å². The first-order valence-corrected chi connectivity index (χ1v) is 8.35. The van der Waals surface area contributed by atoms with Gasteiger partial charge in [0.25, 0.3) is 0 Å². The molecule has 1 aliphatic heterocycles. The topological polar surface area (TPSA) is 57.7 Å². The number of rotatable bonds is 4. The number of fused-ring (bicyclic) bond motifs is 1. The van der Waals surface area contributed by atoms with E-state index < -0.39 is 6.04 Å². The lowest BCUT2D eigenvalue weighted by atomic mass is 9.63. The van der Waals surface area contributed by atoms with E-state index in [1.54, 1.807) is 11.8 Å². The molecular formula is C17H24N2O3. The van der Waals surface area contributed by atoms with Gasteiger partial charge in [-0.15, -0.1) is 0 Å². The molecule has 0 N–H and O–H groups in total. The predicted molar refractivity (Wildman–Crippen MR) is 81.6 cm³/mol. The molecule has 5 nitrogen and oxygen atoms in total. The zero-order valence-electron chi connectivity index (χ0n) is 13.5. The zero-order valence-corrected chi connectivity index (χ0v) is 13.5. The van der Waals surface area contributed by atoms with Crippen LogP contribution in [-0.2, 0) is 14.4 Å². The van der Waals surface area contributed by atoms with Gasteiger partial charge in [-0.1, -0.05) is 12.2 Å². The van der Waals surface area contributed by atoms with E-state index in [-0.39, 0.29) is 41.4 Å². The van der Waals surface area contributed by atoms with Crippen LogP contribution in [-0.4, -0.2) is 46.7 Å². The average Bonchev–Trinajstić information content (AvgIpc) is 2.82. The molecule has 2 fully saturated rings. The Morgan fingerprint density at radius 3 is 1.95 bits per heavy atom. The van der Waals surface area contributed by atoms with E-state index in [2.05, 4.69) is 12.2 Å². The van der Waals surface area contributed by atoms with Crippen LogP contribution in [0, 0.1) is 23.7 Å². The predicted octanol–water partition coefficient (Wildman–Crippen LogP) is 1.44. The summed E-state index contributed by atoms with van der Waals surface area (Å²) in [6.45, 7) is 6.69. The summed E-state index contributed by atoms with van der Waals surface area (Å²) in [7, 11) is 0. The maximum atomic E-state index is 12.8. The number of amides is 3. The number of carbonyl (C=O) groups is 3. The molecule has 4 rings (SSSR count). The number of hydrogen-bond donors (Lipinski definition) is 0. The number of hydrogen-bond acceptors (Lipinski definition) is 3. The fourth-order valence-corrected chi connectivity index (χ4v) is 4.39. The molecule has 0 aromatic rings. The highest BCUT2D eigenvalue weighted by atomic mass is 16.2. The largest absolute Gasteiger partial charge is 0.341 e. The van der Waals surface area contributed by atoms with Crippen LogP contribution in [0.3, 0.4) is 0 Å². The van der Waals surface area contributed by atoms with Crippen LogP contribution < -0.4 is 0 Å². The molecule has 120 valence electrons. The Balaban J connectivity index is 1.85. The highest BCUT2D eigenvalue weighted by Crippen LogP contribution is 2.49. The molecule has 0 aromatic carbocycles. The summed E-state index contributed by atoms with van der Waals surface area (Å²) in [5.41, 5.74) is 0. The van der Waals surface area contributed by atoms with E-state index in [9.17, 15) is 14.4 Å². The van der Waals surface area contributed by atoms with E-state index in [1.165, 1.54) is 4.90 Å². The van der Waals surface area contributed by atoms with Gasteiger partial charge in [0.15, 0.2) is 0 Å². The van der Waals surface area contributed by atoms with Crippen LogP contribution >= 0.6 is 0 Å². The number of nitrogens with zero attached hydrogens (tertiary/aromatic N) is 2. The minimum Gasteiger partial charge on any atom is -0.341 e. The minimum absolute atomic E-state index is 0.134. The lowest BCUT2D eigenvalue weighted by molar-refractivity contribution is -0.151. The lowest BCUT2D eigenvalue weighted by Gasteiger charge is -2.38. The third kappa shape index (κ3) is 2.02. The third-order valence-electron chi connectivity index (χ3n) is 5.61. The Kier molecular flexibility index (Phi) is 3.83. The van der Waals surface area contributed by atoms with Crippen molar-refractivity contribution >= 4 is 17.7 Å². The van der Waals surface area contributed by atoms with Gasteiger partial charge in [0.1, 0.15) is 6.04 Å². The van der Waals surface area contributed by atoms with Gasteiger partial charge in [-0.2, -0.15) is 0 Å². The Labute approximate surface area is 131 Å². The molecule has 2 bridgehead atoms. The monoisotopic (exact) mass is 304 g/mol. The zero-order chi connectivity index (χ0) is 16.0. The lowest BCUT2D eigenvalue weighted by Crippen LogP contribution is -2.50.